The number of aromatic nitrogens is 2. The fourth-order valence-electron chi connectivity index (χ4n) is 2.65. The first kappa shape index (κ1) is 16.8. The van der Waals surface area contributed by atoms with Crippen LogP contribution in [0.5, 0.6) is 0 Å². The van der Waals surface area contributed by atoms with E-state index < -0.39 is 16.1 Å². The molecule has 1 aliphatic heterocycles. The fraction of sp³-hybridized carbons (Fsp3) is 0.375. The molecule has 1 atom stereocenters. The van der Waals surface area contributed by atoms with Gasteiger partial charge in [0.25, 0.3) is 0 Å². The number of hydrogen-bond acceptors (Lipinski definition) is 6. The third-order valence-corrected chi connectivity index (χ3v) is 5.84. The molecule has 1 aromatic carbocycles. The molecule has 0 bridgehead atoms. The Hall–Kier alpha value is -2.03. The number of anilines is 1. The number of benzene rings is 1. The quantitative estimate of drug-likeness (QED) is 0.903. The summed E-state index contributed by atoms with van der Waals surface area (Å²) in [5, 5.41) is 2.96. The maximum atomic E-state index is 12.8. The molecule has 1 aliphatic rings. The third kappa shape index (κ3) is 3.26. The van der Waals surface area contributed by atoms with Gasteiger partial charge < -0.3 is 10.1 Å². The zero-order chi connectivity index (χ0) is 17.2. The van der Waals surface area contributed by atoms with Crippen LogP contribution in [0.15, 0.2) is 41.6 Å². The Labute approximate surface area is 141 Å². The Balaban J connectivity index is 1.86. The normalized spacial score (nSPS) is 19.2. The molecule has 0 radical (unpaired) electrons. The summed E-state index contributed by atoms with van der Waals surface area (Å²) in [6, 6.07) is 6.87. The van der Waals surface area contributed by atoms with Crippen molar-refractivity contribution >= 4 is 15.8 Å². The molecule has 1 aromatic heterocycles. The fourth-order valence-corrected chi connectivity index (χ4v) is 4.07. The Morgan fingerprint density at radius 1 is 1.21 bits per heavy atom. The molecule has 0 unspecified atom stereocenters. The van der Waals surface area contributed by atoms with Gasteiger partial charge in [-0.3, -0.25) is 4.98 Å². The summed E-state index contributed by atoms with van der Waals surface area (Å²) in [7, 11) is -1.81. The minimum Gasteiger partial charge on any atom is -0.372 e. The van der Waals surface area contributed by atoms with Gasteiger partial charge >= 0.3 is 0 Å². The highest BCUT2D eigenvalue weighted by Gasteiger charge is 2.33. The third-order valence-electron chi connectivity index (χ3n) is 3.96. The van der Waals surface area contributed by atoms with Crippen LogP contribution in [0.1, 0.15) is 17.4 Å². The van der Waals surface area contributed by atoms with Gasteiger partial charge in [-0.2, -0.15) is 4.31 Å². The van der Waals surface area contributed by atoms with Gasteiger partial charge in [0.15, 0.2) is 0 Å². The van der Waals surface area contributed by atoms with Crippen molar-refractivity contribution in [2.24, 2.45) is 0 Å². The predicted octanol–water partition coefficient (Wildman–Crippen LogP) is 1.59. The number of nitrogens with zero attached hydrogens (tertiary/aromatic N) is 3. The van der Waals surface area contributed by atoms with Gasteiger partial charge in [-0.25, -0.2) is 13.4 Å². The van der Waals surface area contributed by atoms with E-state index in [1.165, 1.54) is 4.31 Å². The van der Waals surface area contributed by atoms with Crippen LogP contribution in [0.25, 0.3) is 0 Å². The molecule has 1 saturated heterocycles. The average Bonchev–Trinajstić information content (AvgIpc) is 2.62. The second-order valence-corrected chi connectivity index (χ2v) is 7.51. The zero-order valence-corrected chi connectivity index (χ0v) is 14.5. The maximum absolute atomic E-state index is 12.8. The van der Waals surface area contributed by atoms with Gasteiger partial charge in [0, 0.05) is 32.5 Å². The van der Waals surface area contributed by atoms with Crippen LogP contribution in [-0.4, -0.2) is 49.4 Å². The lowest BCUT2D eigenvalue weighted by Crippen LogP contribution is -2.42. The lowest BCUT2D eigenvalue weighted by atomic mass is 10.2. The van der Waals surface area contributed by atoms with Gasteiger partial charge in [0.2, 0.25) is 10.0 Å². The van der Waals surface area contributed by atoms with Crippen LogP contribution >= 0.6 is 0 Å². The zero-order valence-electron chi connectivity index (χ0n) is 13.6. The second kappa shape index (κ2) is 6.84. The lowest BCUT2D eigenvalue weighted by Gasteiger charge is -2.32. The van der Waals surface area contributed by atoms with Crippen LogP contribution < -0.4 is 5.32 Å². The minimum absolute atomic E-state index is 0.212. The van der Waals surface area contributed by atoms with Crippen molar-refractivity contribution in [1.29, 1.82) is 0 Å². The molecule has 0 saturated carbocycles. The van der Waals surface area contributed by atoms with Gasteiger partial charge in [-0.15, -0.1) is 0 Å². The molecule has 0 aliphatic carbocycles. The molecule has 7 nitrogen and oxygen atoms in total. The van der Waals surface area contributed by atoms with Crippen molar-refractivity contribution < 1.29 is 13.2 Å². The number of rotatable bonds is 4. The van der Waals surface area contributed by atoms with Crippen molar-refractivity contribution in [2.75, 3.05) is 32.1 Å². The van der Waals surface area contributed by atoms with Crippen molar-refractivity contribution in [3.05, 3.63) is 47.9 Å². The molecule has 0 spiro atoms. The van der Waals surface area contributed by atoms with E-state index in [1.54, 1.807) is 43.7 Å². The van der Waals surface area contributed by atoms with E-state index in [4.69, 9.17) is 4.74 Å². The molecule has 128 valence electrons. The van der Waals surface area contributed by atoms with Gasteiger partial charge in [-0.1, -0.05) is 17.7 Å². The standard InChI is InChI=1S/C16H20N4O3S/c1-12-3-5-13(6-4-12)24(21,22)20-9-10-23-14(11-20)15-16(17-2)19-8-7-18-15/h3-8,14H,9-11H2,1-2H3,(H,17,19)/t14-/m0/s1. The molecule has 8 heteroatoms. The maximum Gasteiger partial charge on any atom is 0.243 e. The topological polar surface area (TPSA) is 84.4 Å². The van der Waals surface area contributed by atoms with E-state index in [9.17, 15) is 8.42 Å². The number of hydrogen-bond donors (Lipinski definition) is 1. The number of nitrogens with one attached hydrogen (secondary N) is 1. The Kier molecular flexibility index (Phi) is 4.79. The molecular weight excluding hydrogens is 328 g/mol. The summed E-state index contributed by atoms with van der Waals surface area (Å²) >= 11 is 0. The van der Waals surface area contributed by atoms with E-state index in [-0.39, 0.29) is 6.54 Å². The highest BCUT2D eigenvalue weighted by molar-refractivity contribution is 7.89. The summed E-state index contributed by atoms with van der Waals surface area (Å²) in [4.78, 5) is 8.80. The number of ether oxygens (including phenoxy) is 1. The second-order valence-electron chi connectivity index (χ2n) is 5.58. The van der Waals surface area contributed by atoms with Crippen LogP contribution in [0.2, 0.25) is 0 Å². The SMILES string of the molecule is CNc1nccnc1[C@@H]1CN(S(=O)(=O)c2ccc(C)cc2)CCO1. The highest BCUT2D eigenvalue weighted by Crippen LogP contribution is 2.28. The first-order valence-electron chi connectivity index (χ1n) is 7.69. The van der Waals surface area contributed by atoms with E-state index in [0.717, 1.165) is 5.56 Å². The van der Waals surface area contributed by atoms with E-state index >= 15 is 0 Å². The molecule has 0 amide bonds. The molecule has 3 rings (SSSR count). The average molecular weight is 348 g/mol. The minimum atomic E-state index is -3.55. The van der Waals surface area contributed by atoms with E-state index in [1.807, 2.05) is 6.92 Å². The summed E-state index contributed by atoms with van der Waals surface area (Å²) in [5.74, 6) is 0.595. The molecule has 24 heavy (non-hydrogen) atoms. The molecular formula is C16H20N4O3S. The molecule has 1 N–H and O–H groups in total. The summed E-state index contributed by atoms with van der Waals surface area (Å²) in [6.45, 7) is 2.77. The Morgan fingerprint density at radius 2 is 1.92 bits per heavy atom. The van der Waals surface area contributed by atoms with Crippen LogP contribution in [0.4, 0.5) is 5.82 Å². The predicted molar refractivity (Wildman–Crippen MR) is 90.2 cm³/mol. The molecule has 1 fully saturated rings. The largest absolute Gasteiger partial charge is 0.372 e. The Morgan fingerprint density at radius 3 is 2.62 bits per heavy atom. The lowest BCUT2D eigenvalue weighted by molar-refractivity contribution is -0.00468. The van der Waals surface area contributed by atoms with Gasteiger partial charge in [0.1, 0.15) is 17.6 Å². The van der Waals surface area contributed by atoms with Crippen LogP contribution in [0, 0.1) is 6.92 Å². The Bertz CT molecular complexity index is 808. The van der Waals surface area contributed by atoms with E-state index in [0.29, 0.717) is 29.6 Å². The first-order chi connectivity index (χ1) is 11.5. The van der Waals surface area contributed by atoms with E-state index in [2.05, 4.69) is 15.3 Å². The molecule has 2 heterocycles. The first-order valence-corrected chi connectivity index (χ1v) is 9.13. The van der Waals surface area contributed by atoms with Crippen molar-refractivity contribution in [3.8, 4) is 0 Å². The molecule has 2 aromatic rings. The number of aryl methyl sites for hydroxylation is 1. The van der Waals surface area contributed by atoms with Crippen molar-refractivity contribution in [2.45, 2.75) is 17.9 Å². The summed E-state index contributed by atoms with van der Waals surface area (Å²) < 4.78 is 32.9. The summed E-state index contributed by atoms with van der Waals surface area (Å²) in [6.07, 6.45) is 2.71. The number of morpholine rings is 1. The van der Waals surface area contributed by atoms with Crippen molar-refractivity contribution in [3.63, 3.8) is 0 Å². The van der Waals surface area contributed by atoms with Crippen LogP contribution in [-0.2, 0) is 14.8 Å². The van der Waals surface area contributed by atoms with Gasteiger partial charge in [-0.05, 0) is 19.1 Å². The van der Waals surface area contributed by atoms with Crippen LogP contribution in [0.3, 0.4) is 0 Å². The van der Waals surface area contributed by atoms with Crippen molar-refractivity contribution in [1.82, 2.24) is 14.3 Å². The van der Waals surface area contributed by atoms with Gasteiger partial charge in [0.05, 0.1) is 11.5 Å². The number of sulfonamides is 1. The highest BCUT2D eigenvalue weighted by atomic mass is 32.2. The summed E-state index contributed by atoms with van der Waals surface area (Å²) in [5.41, 5.74) is 1.64. The smallest absolute Gasteiger partial charge is 0.243 e. The monoisotopic (exact) mass is 348 g/mol.